The average molecular weight is 833 g/mol. The van der Waals surface area contributed by atoms with Crippen LogP contribution < -0.4 is 0 Å². The average Bonchev–Trinajstić information content (AvgIpc) is 3.84. The molecule has 10 aromatic carbocycles. The molecule has 0 unspecified atom stereocenters. The van der Waals surface area contributed by atoms with Gasteiger partial charge in [-0.1, -0.05) is 149 Å². The summed E-state index contributed by atoms with van der Waals surface area (Å²) in [7, 11) is 0. The molecule has 2 heterocycles. The number of hydrogen-bond donors (Lipinski definition) is 0. The van der Waals surface area contributed by atoms with Gasteiger partial charge in [0.25, 0.3) is 0 Å². The van der Waals surface area contributed by atoms with E-state index >= 15 is 0 Å². The first-order chi connectivity index (χ1) is 29.1. The van der Waals surface area contributed by atoms with Crippen molar-refractivity contribution in [2.45, 2.75) is 0 Å². The third-order valence-corrected chi connectivity index (χ3v) is 13.7. The first kappa shape index (κ1) is 34.3. The lowest BCUT2D eigenvalue weighted by atomic mass is 9.91. The molecule has 0 spiro atoms. The van der Waals surface area contributed by atoms with E-state index in [-0.39, 0.29) is 0 Å². The fraction of sp³-hybridized carbons (Fsp3) is 0. The summed E-state index contributed by atoms with van der Waals surface area (Å²) in [5, 5.41) is 10.2. The Balaban J connectivity index is 0.901. The molecule has 3 heteroatoms. The summed E-state index contributed by atoms with van der Waals surface area (Å²) in [4.78, 5) is 0. The van der Waals surface area contributed by atoms with Gasteiger partial charge in [0.1, 0.15) is 0 Å². The lowest BCUT2D eigenvalue weighted by Crippen LogP contribution is -1.92. The highest BCUT2D eigenvalue weighted by Gasteiger charge is 2.16. The van der Waals surface area contributed by atoms with Crippen molar-refractivity contribution in [3.63, 3.8) is 0 Å². The topological polar surface area (TPSA) is 4.93 Å². The molecular weight excluding hydrogens is 799 g/mol. The van der Waals surface area contributed by atoms with Crippen LogP contribution in [0, 0.1) is 0 Å². The van der Waals surface area contributed by atoms with Crippen LogP contribution in [0.15, 0.2) is 211 Å². The zero-order chi connectivity index (χ0) is 39.0. The minimum Gasteiger partial charge on any atom is -0.309 e. The molecule has 59 heavy (non-hydrogen) atoms. The molecule has 0 atom stereocenters. The van der Waals surface area contributed by atoms with Crippen LogP contribution in [-0.4, -0.2) is 4.57 Å². The number of fused-ring (bicyclic) bond motifs is 9. The molecule has 1 nitrogen and oxygen atoms in total. The van der Waals surface area contributed by atoms with E-state index in [0.29, 0.717) is 0 Å². The van der Waals surface area contributed by atoms with E-state index in [1.807, 2.05) is 11.3 Å². The molecule has 0 amide bonds. The van der Waals surface area contributed by atoms with Gasteiger partial charge in [0.05, 0.1) is 11.0 Å². The molecule has 0 saturated carbocycles. The summed E-state index contributed by atoms with van der Waals surface area (Å²) in [5.41, 5.74) is 13.3. The molecule has 2 aromatic heterocycles. The molecule has 276 valence electrons. The number of para-hydroxylation sites is 2. The summed E-state index contributed by atoms with van der Waals surface area (Å²) in [6, 6.07) is 75.9. The molecular formula is C56H34BrNS. The molecule has 0 fully saturated rings. The molecule has 0 aliphatic heterocycles. The largest absolute Gasteiger partial charge is 0.309 e. The maximum atomic E-state index is 3.89. The fourth-order valence-corrected chi connectivity index (χ4v) is 10.9. The van der Waals surface area contributed by atoms with E-state index in [1.54, 1.807) is 0 Å². The minimum atomic E-state index is 1.06. The Kier molecular flexibility index (Phi) is 7.94. The summed E-state index contributed by atoms with van der Waals surface area (Å²) >= 11 is 5.79. The van der Waals surface area contributed by atoms with E-state index < -0.39 is 0 Å². The van der Waals surface area contributed by atoms with Gasteiger partial charge in [-0.2, -0.15) is 0 Å². The molecule has 12 aromatic rings. The molecule has 0 saturated heterocycles. The highest BCUT2D eigenvalue weighted by molar-refractivity contribution is 9.10. The number of hydrogen-bond acceptors (Lipinski definition) is 1. The zero-order valence-corrected chi connectivity index (χ0v) is 34.3. The van der Waals surface area contributed by atoms with Crippen LogP contribution in [0.1, 0.15) is 0 Å². The van der Waals surface area contributed by atoms with Crippen molar-refractivity contribution in [2.75, 3.05) is 0 Å². The number of halogens is 1. The lowest BCUT2D eigenvalue weighted by molar-refractivity contribution is 1.18. The van der Waals surface area contributed by atoms with E-state index in [0.717, 1.165) is 4.47 Å². The smallest absolute Gasteiger partial charge is 0.0541 e. The van der Waals surface area contributed by atoms with Crippen LogP contribution in [0.3, 0.4) is 0 Å². The Bertz CT molecular complexity index is 3630. The minimum absolute atomic E-state index is 1.06. The summed E-state index contributed by atoms with van der Waals surface area (Å²) < 4.78 is 6.11. The van der Waals surface area contributed by atoms with Gasteiger partial charge in [-0.3, -0.25) is 0 Å². The van der Waals surface area contributed by atoms with Crippen molar-refractivity contribution < 1.29 is 0 Å². The highest BCUT2D eigenvalue weighted by Crippen LogP contribution is 2.43. The van der Waals surface area contributed by atoms with Gasteiger partial charge >= 0.3 is 0 Å². The molecule has 0 aliphatic rings. The second-order valence-electron chi connectivity index (χ2n) is 15.4. The maximum Gasteiger partial charge on any atom is 0.0541 e. The number of rotatable bonds is 5. The van der Waals surface area contributed by atoms with Crippen LogP contribution in [-0.2, 0) is 0 Å². The summed E-state index contributed by atoms with van der Waals surface area (Å²) in [6.07, 6.45) is 0. The Hall–Kier alpha value is -6.78. The number of aromatic nitrogens is 1. The Morgan fingerprint density at radius 2 is 0.932 bits per heavy atom. The van der Waals surface area contributed by atoms with Crippen molar-refractivity contribution in [1.82, 2.24) is 4.57 Å². The Labute approximate surface area is 354 Å². The SMILES string of the molecule is Brc1cc(-c2ccc3cc(-c4ccc5c(c4)c4ccccc4n5-c4ccccc4)ccc3c2)cc(-c2ccccc2-c2ccc3sc4c5ccccc5ccc4c3c2)c1. The van der Waals surface area contributed by atoms with Crippen LogP contribution >= 0.6 is 27.3 Å². The van der Waals surface area contributed by atoms with Crippen molar-refractivity contribution >= 4 is 90.8 Å². The monoisotopic (exact) mass is 831 g/mol. The highest BCUT2D eigenvalue weighted by atomic mass is 79.9. The van der Waals surface area contributed by atoms with Crippen molar-refractivity contribution in [3.8, 4) is 50.2 Å². The molecule has 0 aliphatic carbocycles. The lowest BCUT2D eigenvalue weighted by Gasteiger charge is -2.14. The number of thiophene rings is 1. The quantitative estimate of drug-likeness (QED) is 0.163. The predicted molar refractivity (Wildman–Crippen MR) is 258 cm³/mol. The molecule has 0 N–H and O–H groups in total. The van der Waals surface area contributed by atoms with Crippen LogP contribution in [0.2, 0.25) is 0 Å². The molecule has 0 bridgehead atoms. The van der Waals surface area contributed by atoms with Gasteiger partial charge in [0.15, 0.2) is 0 Å². The third-order valence-electron chi connectivity index (χ3n) is 12.0. The normalized spacial score (nSPS) is 11.8. The predicted octanol–water partition coefficient (Wildman–Crippen LogP) is 16.9. The molecule has 12 rings (SSSR count). The van der Waals surface area contributed by atoms with E-state index in [1.165, 1.54) is 114 Å². The Morgan fingerprint density at radius 3 is 1.76 bits per heavy atom. The first-order valence-electron chi connectivity index (χ1n) is 20.0. The second-order valence-corrected chi connectivity index (χ2v) is 17.4. The number of nitrogens with zero attached hydrogens (tertiary/aromatic N) is 1. The van der Waals surface area contributed by atoms with Gasteiger partial charge in [-0.15, -0.1) is 11.3 Å². The van der Waals surface area contributed by atoms with Gasteiger partial charge in [0, 0.05) is 41.1 Å². The van der Waals surface area contributed by atoms with E-state index in [2.05, 4.69) is 227 Å². The van der Waals surface area contributed by atoms with Gasteiger partial charge in [-0.05, 0) is 139 Å². The van der Waals surface area contributed by atoms with Crippen LogP contribution in [0.5, 0.6) is 0 Å². The van der Waals surface area contributed by atoms with Crippen LogP contribution in [0.25, 0.3) is 114 Å². The standard InChI is InChI=1S/C56H34BrNS/c57-44-31-42(30-43(32-44)47-14-7-6-13-46(47)41-24-27-55-52(34-41)50-25-22-35-10-4-5-15-48(35)56(50)59-55)39-21-20-36-28-38(19-18-37(36)29-39)40-23-26-54-51(33-40)49-16-8-9-17-53(49)58(54)45-11-2-1-3-12-45/h1-34H. The van der Waals surface area contributed by atoms with E-state index in [9.17, 15) is 0 Å². The first-order valence-corrected chi connectivity index (χ1v) is 21.6. The molecule has 0 radical (unpaired) electrons. The second kappa shape index (κ2) is 13.7. The van der Waals surface area contributed by atoms with Crippen molar-refractivity contribution in [1.29, 1.82) is 0 Å². The van der Waals surface area contributed by atoms with Gasteiger partial charge in [-0.25, -0.2) is 0 Å². The Morgan fingerprint density at radius 1 is 0.339 bits per heavy atom. The number of benzene rings is 10. The summed E-state index contributed by atoms with van der Waals surface area (Å²) in [5.74, 6) is 0. The van der Waals surface area contributed by atoms with E-state index in [4.69, 9.17) is 0 Å². The van der Waals surface area contributed by atoms with Gasteiger partial charge < -0.3 is 4.57 Å². The van der Waals surface area contributed by atoms with Crippen molar-refractivity contribution in [3.05, 3.63) is 211 Å². The maximum absolute atomic E-state index is 3.89. The summed E-state index contributed by atoms with van der Waals surface area (Å²) in [6.45, 7) is 0. The fourth-order valence-electron chi connectivity index (χ4n) is 9.18. The third kappa shape index (κ3) is 5.73. The van der Waals surface area contributed by atoms with Gasteiger partial charge in [0.2, 0.25) is 0 Å². The van der Waals surface area contributed by atoms with Crippen LogP contribution in [0.4, 0.5) is 0 Å². The van der Waals surface area contributed by atoms with Crippen molar-refractivity contribution in [2.24, 2.45) is 0 Å². The zero-order valence-electron chi connectivity index (χ0n) is 31.9.